The minimum Gasteiger partial charge on any atom is -0.364 e. The number of carbonyl (C=O) groups excluding carboxylic acids is 2. The second kappa shape index (κ2) is 6.85. The Balaban J connectivity index is 2.01. The van der Waals surface area contributed by atoms with Crippen LogP contribution in [0.1, 0.15) is 22.5 Å². The third-order valence-electron chi connectivity index (χ3n) is 2.85. The number of nitrogens with zero attached hydrogens (tertiary/aromatic N) is 1. The molecule has 0 aliphatic heterocycles. The summed E-state index contributed by atoms with van der Waals surface area (Å²) in [5, 5.41) is 2.77. The van der Waals surface area contributed by atoms with Crippen LogP contribution in [0.3, 0.4) is 0 Å². The first-order valence-electron chi connectivity index (χ1n) is 6.36. The van der Waals surface area contributed by atoms with Gasteiger partial charge in [0.15, 0.2) is 5.69 Å². The van der Waals surface area contributed by atoms with Gasteiger partial charge in [-0.2, -0.15) is 0 Å². The van der Waals surface area contributed by atoms with Crippen molar-refractivity contribution < 1.29 is 9.59 Å². The summed E-state index contributed by atoms with van der Waals surface area (Å²) in [4.78, 5) is 27.0. The van der Waals surface area contributed by atoms with Gasteiger partial charge in [0.1, 0.15) is 5.15 Å². The van der Waals surface area contributed by atoms with E-state index in [1.165, 1.54) is 12.1 Å². The largest absolute Gasteiger partial charge is 0.364 e. The van der Waals surface area contributed by atoms with E-state index in [0.717, 1.165) is 5.56 Å². The van der Waals surface area contributed by atoms with E-state index in [2.05, 4.69) is 10.3 Å². The van der Waals surface area contributed by atoms with Gasteiger partial charge in [0.05, 0.1) is 5.69 Å². The Labute approximate surface area is 127 Å². The number of hydrogen-bond donors (Lipinski definition) is 2. The van der Waals surface area contributed by atoms with Gasteiger partial charge in [-0.15, -0.1) is 0 Å². The molecule has 2 aromatic rings. The highest BCUT2D eigenvalue weighted by Crippen LogP contribution is 2.17. The van der Waals surface area contributed by atoms with Crippen LogP contribution in [0.2, 0.25) is 5.15 Å². The topological polar surface area (TPSA) is 85.1 Å². The zero-order valence-corrected chi connectivity index (χ0v) is 11.9. The SMILES string of the molecule is NC(=O)c1nc(Cl)ccc1NC(=O)CCc1ccccc1. The maximum Gasteiger partial charge on any atom is 0.269 e. The maximum atomic E-state index is 11.9. The van der Waals surface area contributed by atoms with E-state index >= 15 is 0 Å². The van der Waals surface area contributed by atoms with E-state index < -0.39 is 5.91 Å². The quantitative estimate of drug-likeness (QED) is 0.832. The molecule has 0 saturated heterocycles. The van der Waals surface area contributed by atoms with Crippen molar-refractivity contribution in [3.05, 3.63) is 58.9 Å². The Bertz CT molecular complexity index is 659. The first kappa shape index (κ1) is 15.0. The van der Waals surface area contributed by atoms with Crippen LogP contribution in [0.4, 0.5) is 5.69 Å². The van der Waals surface area contributed by atoms with Crippen molar-refractivity contribution in [1.82, 2.24) is 4.98 Å². The Hall–Kier alpha value is -2.40. The molecular formula is C15H14ClN3O2. The van der Waals surface area contributed by atoms with Gasteiger partial charge in [-0.25, -0.2) is 4.98 Å². The summed E-state index contributed by atoms with van der Waals surface area (Å²) in [5.41, 5.74) is 6.50. The van der Waals surface area contributed by atoms with Gasteiger partial charge in [0, 0.05) is 6.42 Å². The third-order valence-corrected chi connectivity index (χ3v) is 3.06. The number of hydrogen-bond acceptors (Lipinski definition) is 3. The highest BCUT2D eigenvalue weighted by atomic mass is 35.5. The predicted octanol–water partition coefficient (Wildman–Crippen LogP) is 2.41. The van der Waals surface area contributed by atoms with Gasteiger partial charge in [-0.1, -0.05) is 41.9 Å². The molecule has 0 aliphatic rings. The summed E-state index contributed by atoms with van der Waals surface area (Å²) in [5.74, 6) is -0.957. The highest BCUT2D eigenvalue weighted by molar-refractivity contribution is 6.29. The van der Waals surface area contributed by atoms with Crippen LogP contribution in [0.5, 0.6) is 0 Å². The minimum atomic E-state index is -0.740. The molecule has 0 fully saturated rings. The highest BCUT2D eigenvalue weighted by Gasteiger charge is 2.13. The van der Waals surface area contributed by atoms with Crippen molar-refractivity contribution >= 4 is 29.1 Å². The van der Waals surface area contributed by atoms with Crippen LogP contribution in [-0.4, -0.2) is 16.8 Å². The van der Waals surface area contributed by atoms with Crippen LogP contribution in [0.15, 0.2) is 42.5 Å². The molecule has 0 atom stereocenters. The standard InChI is InChI=1S/C15H14ClN3O2/c16-12-8-7-11(14(19-12)15(17)21)18-13(20)9-6-10-4-2-1-3-5-10/h1-5,7-8H,6,9H2,(H2,17,21)(H,18,20). The van der Waals surface area contributed by atoms with E-state index in [1.807, 2.05) is 30.3 Å². The van der Waals surface area contributed by atoms with Crippen molar-refractivity contribution in [2.24, 2.45) is 5.73 Å². The zero-order valence-electron chi connectivity index (χ0n) is 11.2. The lowest BCUT2D eigenvalue weighted by Crippen LogP contribution is -2.20. The number of pyridine rings is 1. The number of nitrogens with two attached hydrogens (primary N) is 1. The molecule has 1 aromatic heterocycles. The first-order valence-corrected chi connectivity index (χ1v) is 6.74. The lowest BCUT2D eigenvalue weighted by molar-refractivity contribution is -0.116. The Morgan fingerprint density at radius 2 is 1.86 bits per heavy atom. The smallest absolute Gasteiger partial charge is 0.269 e. The van der Waals surface area contributed by atoms with E-state index in [0.29, 0.717) is 12.8 Å². The number of benzene rings is 1. The fraction of sp³-hybridized carbons (Fsp3) is 0.133. The fourth-order valence-corrected chi connectivity index (χ4v) is 1.99. The molecule has 0 saturated carbocycles. The van der Waals surface area contributed by atoms with Gasteiger partial charge in [-0.05, 0) is 24.1 Å². The molecule has 0 unspecified atom stereocenters. The van der Waals surface area contributed by atoms with Crippen molar-refractivity contribution in [3.63, 3.8) is 0 Å². The molecule has 5 nitrogen and oxygen atoms in total. The summed E-state index contributed by atoms with van der Waals surface area (Å²) >= 11 is 5.71. The van der Waals surface area contributed by atoms with Crippen LogP contribution < -0.4 is 11.1 Å². The molecule has 2 amide bonds. The summed E-state index contributed by atoms with van der Waals surface area (Å²) in [6.07, 6.45) is 0.907. The Morgan fingerprint density at radius 1 is 1.14 bits per heavy atom. The molecule has 6 heteroatoms. The van der Waals surface area contributed by atoms with Crippen molar-refractivity contribution in [2.75, 3.05) is 5.32 Å². The second-order valence-electron chi connectivity index (χ2n) is 4.43. The maximum absolute atomic E-state index is 11.9. The lowest BCUT2D eigenvalue weighted by Gasteiger charge is -2.08. The number of aromatic nitrogens is 1. The van der Waals surface area contributed by atoms with Crippen molar-refractivity contribution in [2.45, 2.75) is 12.8 Å². The molecule has 21 heavy (non-hydrogen) atoms. The molecule has 108 valence electrons. The van der Waals surface area contributed by atoms with Crippen LogP contribution in [0, 0.1) is 0 Å². The van der Waals surface area contributed by atoms with E-state index in [4.69, 9.17) is 17.3 Å². The molecule has 0 radical (unpaired) electrons. The average Bonchev–Trinajstić information content (AvgIpc) is 2.48. The van der Waals surface area contributed by atoms with Crippen molar-refractivity contribution in [1.29, 1.82) is 0 Å². The van der Waals surface area contributed by atoms with Crippen LogP contribution in [0.25, 0.3) is 0 Å². The average molecular weight is 304 g/mol. The molecular weight excluding hydrogens is 290 g/mol. The van der Waals surface area contributed by atoms with E-state index in [1.54, 1.807) is 0 Å². The first-order chi connectivity index (χ1) is 10.1. The molecule has 0 aliphatic carbocycles. The van der Waals surface area contributed by atoms with Gasteiger partial charge < -0.3 is 11.1 Å². The number of amides is 2. The van der Waals surface area contributed by atoms with Gasteiger partial charge in [0.2, 0.25) is 5.91 Å². The number of nitrogens with one attached hydrogen (secondary N) is 1. The lowest BCUT2D eigenvalue weighted by atomic mass is 10.1. The predicted molar refractivity (Wildman–Crippen MR) is 81.2 cm³/mol. The molecule has 1 aromatic carbocycles. The summed E-state index contributed by atoms with van der Waals surface area (Å²) < 4.78 is 0. The van der Waals surface area contributed by atoms with Crippen LogP contribution >= 0.6 is 11.6 Å². The van der Waals surface area contributed by atoms with E-state index in [-0.39, 0.29) is 22.4 Å². The normalized spacial score (nSPS) is 10.1. The third kappa shape index (κ3) is 4.29. The Kier molecular flexibility index (Phi) is 4.90. The number of halogens is 1. The van der Waals surface area contributed by atoms with Gasteiger partial charge >= 0.3 is 0 Å². The molecule has 0 spiro atoms. The molecule has 1 heterocycles. The summed E-state index contributed by atoms with van der Waals surface area (Å²) in [6, 6.07) is 12.7. The summed E-state index contributed by atoms with van der Waals surface area (Å²) in [7, 11) is 0. The zero-order chi connectivity index (χ0) is 15.2. The molecule has 2 rings (SSSR count). The van der Waals surface area contributed by atoms with E-state index in [9.17, 15) is 9.59 Å². The fourth-order valence-electron chi connectivity index (χ4n) is 1.84. The summed E-state index contributed by atoms with van der Waals surface area (Å²) in [6.45, 7) is 0. The molecule has 0 bridgehead atoms. The molecule has 3 N–H and O–H groups in total. The van der Waals surface area contributed by atoms with Gasteiger partial charge in [-0.3, -0.25) is 9.59 Å². The second-order valence-corrected chi connectivity index (χ2v) is 4.82. The Morgan fingerprint density at radius 3 is 2.52 bits per heavy atom. The number of aryl methyl sites for hydroxylation is 1. The monoisotopic (exact) mass is 303 g/mol. The van der Waals surface area contributed by atoms with Crippen LogP contribution in [-0.2, 0) is 11.2 Å². The number of carbonyl (C=O) groups is 2. The number of primary amides is 1. The minimum absolute atomic E-state index is 0.0458. The number of rotatable bonds is 5. The number of anilines is 1. The van der Waals surface area contributed by atoms with Gasteiger partial charge in [0.25, 0.3) is 5.91 Å². The van der Waals surface area contributed by atoms with Crippen molar-refractivity contribution in [3.8, 4) is 0 Å².